The maximum absolute atomic E-state index is 10.8. The lowest BCUT2D eigenvalue weighted by atomic mass is 10.2. The Balaban J connectivity index is 2.45. The highest BCUT2D eigenvalue weighted by atomic mass is 16.7. The van der Waals surface area contributed by atoms with Gasteiger partial charge in [-0.2, -0.15) is 0 Å². The van der Waals surface area contributed by atoms with Crippen molar-refractivity contribution in [3.8, 4) is 11.5 Å². The summed E-state index contributed by atoms with van der Waals surface area (Å²) in [6, 6.07) is 5.08. The number of carbonyl (C=O) groups is 1. The van der Waals surface area contributed by atoms with E-state index in [2.05, 4.69) is 0 Å². The van der Waals surface area contributed by atoms with Crippen molar-refractivity contribution in [2.75, 3.05) is 11.9 Å². The highest BCUT2D eigenvalue weighted by Gasteiger charge is 2.34. The van der Waals surface area contributed by atoms with E-state index >= 15 is 0 Å². The van der Waals surface area contributed by atoms with Gasteiger partial charge >= 0.3 is 0 Å². The fourth-order valence-corrected chi connectivity index (χ4v) is 1.58. The summed E-state index contributed by atoms with van der Waals surface area (Å²) in [6.07, 6.45) is -1.29. The van der Waals surface area contributed by atoms with E-state index in [1.165, 1.54) is 7.05 Å². The number of hydrogen-bond donors (Lipinski definition) is 0. The number of fused-ring (bicyclic) bond motifs is 1. The number of para-hydroxylation sites is 1. The zero-order valence-electron chi connectivity index (χ0n) is 9.31. The fraction of sp³-hybridized carbons (Fsp3) is 0.364. The van der Waals surface area contributed by atoms with Crippen LogP contribution < -0.4 is 19.5 Å². The molecule has 0 radical (unpaired) electrons. The molecular weight excluding hydrogens is 210 g/mol. The van der Waals surface area contributed by atoms with Gasteiger partial charge in [0.25, 0.3) is 0 Å². The minimum atomic E-state index is -1.29. The monoisotopic (exact) mass is 222 g/mol. The Morgan fingerprint density at radius 2 is 2.06 bits per heavy atom. The number of amides is 1. The summed E-state index contributed by atoms with van der Waals surface area (Å²) >= 11 is 0. The van der Waals surface area contributed by atoms with Gasteiger partial charge in [-0.1, -0.05) is 6.07 Å². The number of carboxylic acid groups (broad SMARTS) is 1. The topological polar surface area (TPSA) is 61.8 Å². The van der Waals surface area contributed by atoms with Crippen molar-refractivity contribution in [1.82, 2.24) is 0 Å². The Morgan fingerprint density at radius 1 is 1.38 bits per heavy atom. The van der Waals surface area contributed by atoms with Crippen LogP contribution in [0.3, 0.4) is 0 Å². The van der Waals surface area contributed by atoms with E-state index in [0.29, 0.717) is 17.2 Å². The van der Waals surface area contributed by atoms with Crippen LogP contribution in [0.15, 0.2) is 18.2 Å². The summed E-state index contributed by atoms with van der Waals surface area (Å²) < 4.78 is 11.0. The van der Waals surface area contributed by atoms with Crippen molar-refractivity contribution >= 4 is 11.8 Å². The Labute approximate surface area is 93.2 Å². The van der Waals surface area contributed by atoms with Gasteiger partial charge in [0.05, 0.1) is 5.69 Å². The molecule has 86 valence electrons. The van der Waals surface area contributed by atoms with E-state index in [1.54, 1.807) is 32.0 Å². The normalized spacial score (nSPS) is 15.9. The molecule has 0 aromatic heterocycles. The molecule has 0 aliphatic carbocycles. The van der Waals surface area contributed by atoms with Gasteiger partial charge in [0, 0.05) is 20.9 Å². The third-order valence-corrected chi connectivity index (χ3v) is 2.30. The van der Waals surface area contributed by atoms with E-state index in [-0.39, 0.29) is 0 Å². The first-order valence-electron chi connectivity index (χ1n) is 4.86. The van der Waals surface area contributed by atoms with E-state index < -0.39 is 11.9 Å². The Morgan fingerprint density at radius 3 is 2.69 bits per heavy atom. The summed E-state index contributed by atoms with van der Waals surface area (Å²) in [4.78, 5) is 11.8. The third-order valence-electron chi connectivity index (χ3n) is 2.30. The Kier molecular flexibility index (Phi) is 2.18. The van der Waals surface area contributed by atoms with Crippen molar-refractivity contribution in [2.45, 2.75) is 19.6 Å². The van der Waals surface area contributed by atoms with Crippen LogP contribution in [-0.4, -0.2) is 18.9 Å². The van der Waals surface area contributed by atoms with Crippen molar-refractivity contribution in [2.24, 2.45) is 0 Å². The van der Waals surface area contributed by atoms with Crippen LogP contribution >= 0.6 is 0 Å². The molecule has 5 nitrogen and oxygen atoms in total. The first kappa shape index (κ1) is 10.6. The first-order chi connectivity index (χ1) is 7.41. The smallest absolute Gasteiger partial charge is 0.246 e. The van der Waals surface area contributed by atoms with E-state index in [4.69, 9.17) is 9.47 Å². The lowest BCUT2D eigenvalue weighted by molar-refractivity contribution is -0.246. The van der Waals surface area contributed by atoms with Gasteiger partial charge < -0.3 is 24.3 Å². The van der Waals surface area contributed by atoms with E-state index in [1.807, 2.05) is 0 Å². The average Bonchev–Trinajstić information content (AvgIpc) is 2.49. The van der Waals surface area contributed by atoms with Crippen LogP contribution in [0, 0.1) is 0 Å². The number of ether oxygens (including phenoxy) is 2. The quantitative estimate of drug-likeness (QED) is 0.710. The fourth-order valence-electron chi connectivity index (χ4n) is 1.58. The van der Waals surface area contributed by atoms with Crippen molar-refractivity contribution in [3.63, 3.8) is 0 Å². The summed E-state index contributed by atoms with van der Waals surface area (Å²) in [5.41, 5.74) is 0.420. The van der Waals surface area contributed by atoms with Crippen LogP contribution in [-0.2, 0) is 0 Å². The molecule has 0 saturated carbocycles. The summed E-state index contributed by atoms with van der Waals surface area (Å²) in [5.74, 6) is 0.195. The number of benzene rings is 1. The molecule has 1 aromatic rings. The van der Waals surface area contributed by atoms with Gasteiger partial charge in [-0.3, -0.25) is 0 Å². The second-order valence-electron chi connectivity index (χ2n) is 4.03. The van der Waals surface area contributed by atoms with Crippen LogP contribution in [0.4, 0.5) is 10.5 Å². The van der Waals surface area contributed by atoms with Crippen LogP contribution in [0.2, 0.25) is 0 Å². The number of nitrogens with zero attached hydrogens (tertiary/aromatic N) is 1. The highest BCUT2D eigenvalue weighted by molar-refractivity contribution is 5.87. The number of carbonyl (C=O) groups excluding carboxylic acids is 1. The zero-order chi connectivity index (χ0) is 11.9. The molecule has 1 heterocycles. The predicted octanol–water partition coefficient (Wildman–Crippen LogP) is 0.973. The molecule has 0 saturated heterocycles. The standard InChI is InChI=1S/C11H13NO4/c1-11(2)15-8-6-4-5-7(9(8)16-11)12(3)10(13)14/h4-6H,1-3H3,(H,13,14)/p-1. The van der Waals surface area contributed by atoms with Crippen molar-refractivity contribution in [3.05, 3.63) is 18.2 Å². The summed E-state index contributed by atoms with van der Waals surface area (Å²) in [5, 5.41) is 10.8. The third kappa shape index (κ3) is 1.64. The molecule has 1 aromatic carbocycles. The molecule has 1 aliphatic heterocycles. The van der Waals surface area contributed by atoms with Gasteiger partial charge in [0.1, 0.15) is 6.09 Å². The summed E-state index contributed by atoms with van der Waals surface area (Å²) in [6.45, 7) is 3.52. The predicted molar refractivity (Wildman–Crippen MR) is 55.6 cm³/mol. The summed E-state index contributed by atoms with van der Waals surface area (Å²) in [7, 11) is 1.40. The zero-order valence-corrected chi connectivity index (χ0v) is 9.31. The SMILES string of the molecule is CN(C(=O)[O-])c1cccc2c1OC(C)(C)O2. The molecule has 5 heteroatoms. The molecule has 2 rings (SSSR count). The lowest BCUT2D eigenvalue weighted by Gasteiger charge is -2.22. The maximum atomic E-state index is 10.8. The average molecular weight is 222 g/mol. The minimum absolute atomic E-state index is 0.420. The van der Waals surface area contributed by atoms with E-state index in [9.17, 15) is 9.90 Å². The van der Waals surface area contributed by atoms with Crippen molar-refractivity contribution in [1.29, 1.82) is 0 Å². The largest absolute Gasteiger partial charge is 0.530 e. The van der Waals surface area contributed by atoms with Gasteiger partial charge in [0.2, 0.25) is 5.79 Å². The molecule has 0 unspecified atom stereocenters. The molecule has 0 atom stereocenters. The molecule has 0 fully saturated rings. The number of anilines is 1. The Bertz CT molecular complexity index is 442. The van der Waals surface area contributed by atoms with E-state index in [0.717, 1.165) is 4.90 Å². The molecule has 0 spiro atoms. The lowest BCUT2D eigenvalue weighted by Crippen LogP contribution is -2.38. The molecule has 16 heavy (non-hydrogen) atoms. The van der Waals surface area contributed by atoms with Crippen LogP contribution in [0.5, 0.6) is 11.5 Å². The Hall–Kier alpha value is -1.91. The van der Waals surface area contributed by atoms with Crippen LogP contribution in [0.1, 0.15) is 13.8 Å². The maximum Gasteiger partial charge on any atom is 0.246 e. The molecule has 1 amide bonds. The number of hydrogen-bond acceptors (Lipinski definition) is 4. The highest BCUT2D eigenvalue weighted by Crippen LogP contribution is 2.45. The molecule has 0 N–H and O–H groups in total. The second-order valence-corrected chi connectivity index (χ2v) is 4.03. The molecule has 1 aliphatic rings. The number of rotatable bonds is 1. The van der Waals surface area contributed by atoms with Gasteiger partial charge in [0.15, 0.2) is 11.5 Å². The second kappa shape index (κ2) is 3.30. The van der Waals surface area contributed by atoms with Gasteiger partial charge in [-0.15, -0.1) is 0 Å². The van der Waals surface area contributed by atoms with Gasteiger partial charge in [-0.05, 0) is 12.1 Å². The van der Waals surface area contributed by atoms with Gasteiger partial charge in [-0.25, -0.2) is 0 Å². The minimum Gasteiger partial charge on any atom is -0.530 e. The first-order valence-corrected chi connectivity index (χ1v) is 4.86. The molecular formula is C11H12NO4-. The van der Waals surface area contributed by atoms with Crippen molar-refractivity contribution < 1.29 is 19.4 Å². The molecule has 0 bridgehead atoms. The van der Waals surface area contributed by atoms with Crippen LogP contribution in [0.25, 0.3) is 0 Å².